The van der Waals surface area contributed by atoms with Crippen LogP contribution in [0.15, 0.2) is 36.4 Å². The molecule has 1 aliphatic rings. The molecule has 0 bridgehead atoms. The Bertz CT molecular complexity index is 654. The number of hydrogen-bond acceptors (Lipinski definition) is 4. The van der Waals surface area contributed by atoms with Crippen LogP contribution in [0.3, 0.4) is 0 Å². The Morgan fingerprint density at radius 1 is 1.33 bits per heavy atom. The van der Waals surface area contributed by atoms with Gasteiger partial charge in [-0.05, 0) is 31.5 Å². The highest BCUT2D eigenvalue weighted by molar-refractivity contribution is 5.76. The molecule has 1 aliphatic heterocycles. The van der Waals surface area contributed by atoms with E-state index in [2.05, 4.69) is 11.1 Å². The zero-order chi connectivity index (χ0) is 14.7. The summed E-state index contributed by atoms with van der Waals surface area (Å²) in [5.41, 5.74) is 2.33. The van der Waals surface area contributed by atoms with Crippen molar-refractivity contribution in [3.63, 3.8) is 0 Å². The minimum absolute atomic E-state index is 0.274. The van der Waals surface area contributed by atoms with Crippen LogP contribution >= 0.6 is 0 Å². The minimum Gasteiger partial charge on any atom is -0.493 e. The van der Waals surface area contributed by atoms with Gasteiger partial charge >= 0.3 is 0 Å². The van der Waals surface area contributed by atoms with Gasteiger partial charge in [-0.25, -0.2) is 4.98 Å². The maximum absolute atomic E-state index is 11.1. The standard InChI is InChI=1S/C17H17NO3/c1-12-6-7-17(15(10-19)18-12)21-11-13-8-9-20-16-5-3-2-4-14(13)16/h2-7,10,13H,8-9,11H2,1H3. The van der Waals surface area contributed by atoms with E-state index in [0.717, 1.165) is 29.7 Å². The second kappa shape index (κ2) is 5.95. The predicted octanol–water partition coefficient (Wildman–Crippen LogP) is 3.15. The normalized spacial score (nSPS) is 16.7. The summed E-state index contributed by atoms with van der Waals surface area (Å²) in [4.78, 5) is 15.2. The van der Waals surface area contributed by atoms with Crippen molar-refractivity contribution in [2.75, 3.05) is 13.2 Å². The Labute approximate surface area is 123 Å². The largest absolute Gasteiger partial charge is 0.493 e. The third kappa shape index (κ3) is 2.89. The number of benzene rings is 1. The van der Waals surface area contributed by atoms with Crippen molar-refractivity contribution in [2.24, 2.45) is 0 Å². The summed E-state index contributed by atoms with van der Waals surface area (Å²) in [5.74, 6) is 1.74. The highest BCUT2D eigenvalue weighted by atomic mass is 16.5. The molecule has 0 saturated heterocycles. The number of ether oxygens (including phenoxy) is 2. The fraction of sp³-hybridized carbons (Fsp3) is 0.294. The number of para-hydroxylation sites is 1. The topological polar surface area (TPSA) is 48.4 Å². The zero-order valence-corrected chi connectivity index (χ0v) is 11.9. The van der Waals surface area contributed by atoms with Crippen LogP contribution in [-0.4, -0.2) is 24.5 Å². The van der Waals surface area contributed by atoms with Gasteiger partial charge in [-0.3, -0.25) is 4.79 Å². The Hall–Kier alpha value is -2.36. The number of fused-ring (bicyclic) bond motifs is 1. The van der Waals surface area contributed by atoms with Gasteiger partial charge in [-0.1, -0.05) is 18.2 Å². The molecule has 3 rings (SSSR count). The molecule has 4 heteroatoms. The SMILES string of the molecule is Cc1ccc(OCC2CCOc3ccccc32)c(C=O)n1. The highest BCUT2D eigenvalue weighted by Gasteiger charge is 2.22. The molecule has 4 nitrogen and oxygen atoms in total. The molecule has 0 radical (unpaired) electrons. The molecule has 0 aliphatic carbocycles. The zero-order valence-electron chi connectivity index (χ0n) is 11.9. The Kier molecular flexibility index (Phi) is 3.86. The van der Waals surface area contributed by atoms with Gasteiger partial charge in [0.25, 0.3) is 0 Å². The lowest BCUT2D eigenvalue weighted by atomic mass is 9.94. The van der Waals surface area contributed by atoms with Crippen LogP contribution in [0.4, 0.5) is 0 Å². The molecule has 0 N–H and O–H groups in total. The Morgan fingerprint density at radius 2 is 2.19 bits per heavy atom. The van der Waals surface area contributed by atoms with Gasteiger partial charge in [0, 0.05) is 17.2 Å². The summed E-state index contributed by atoms with van der Waals surface area (Å²) in [6, 6.07) is 11.7. The van der Waals surface area contributed by atoms with Gasteiger partial charge in [-0.2, -0.15) is 0 Å². The average Bonchev–Trinajstić information content (AvgIpc) is 2.53. The first-order valence-corrected chi connectivity index (χ1v) is 7.05. The lowest BCUT2D eigenvalue weighted by Gasteiger charge is -2.25. The first kappa shape index (κ1) is 13.6. The fourth-order valence-electron chi connectivity index (χ4n) is 2.55. The number of hydrogen-bond donors (Lipinski definition) is 0. The summed E-state index contributed by atoms with van der Waals surface area (Å²) in [6.45, 7) is 3.06. The number of carbonyl (C=O) groups excluding carboxylic acids is 1. The van der Waals surface area contributed by atoms with Crippen molar-refractivity contribution in [2.45, 2.75) is 19.3 Å². The van der Waals surface area contributed by atoms with Gasteiger partial charge < -0.3 is 9.47 Å². The van der Waals surface area contributed by atoms with Gasteiger partial charge in [0.05, 0.1) is 13.2 Å². The van der Waals surface area contributed by atoms with Crippen molar-refractivity contribution < 1.29 is 14.3 Å². The van der Waals surface area contributed by atoms with Gasteiger partial charge in [0.2, 0.25) is 0 Å². The lowest BCUT2D eigenvalue weighted by molar-refractivity contribution is 0.111. The first-order valence-electron chi connectivity index (χ1n) is 7.05. The van der Waals surface area contributed by atoms with E-state index in [1.807, 2.05) is 31.2 Å². The molecule has 1 aromatic carbocycles. The van der Waals surface area contributed by atoms with Crippen LogP contribution in [0, 0.1) is 6.92 Å². The molecule has 0 amide bonds. The monoisotopic (exact) mass is 283 g/mol. The number of carbonyl (C=O) groups is 1. The quantitative estimate of drug-likeness (QED) is 0.809. The van der Waals surface area contributed by atoms with E-state index >= 15 is 0 Å². The molecule has 0 saturated carbocycles. The van der Waals surface area contributed by atoms with E-state index < -0.39 is 0 Å². The predicted molar refractivity (Wildman–Crippen MR) is 79.2 cm³/mol. The lowest BCUT2D eigenvalue weighted by Crippen LogP contribution is -2.20. The second-order valence-corrected chi connectivity index (χ2v) is 5.14. The van der Waals surface area contributed by atoms with E-state index in [1.54, 1.807) is 6.07 Å². The van der Waals surface area contributed by atoms with Gasteiger partial charge in [-0.15, -0.1) is 0 Å². The molecule has 2 heterocycles. The van der Waals surface area contributed by atoms with Crippen molar-refractivity contribution in [3.8, 4) is 11.5 Å². The third-order valence-electron chi connectivity index (χ3n) is 3.66. The fourth-order valence-corrected chi connectivity index (χ4v) is 2.55. The van der Waals surface area contributed by atoms with E-state index in [9.17, 15) is 4.79 Å². The minimum atomic E-state index is 0.274. The molecule has 1 unspecified atom stereocenters. The van der Waals surface area contributed by atoms with Crippen LogP contribution in [0.25, 0.3) is 0 Å². The number of aldehydes is 1. The number of pyridine rings is 1. The van der Waals surface area contributed by atoms with Crippen LogP contribution < -0.4 is 9.47 Å². The smallest absolute Gasteiger partial charge is 0.172 e. The molecular weight excluding hydrogens is 266 g/mol. The Morgan fingerprint density at radius 3 is 3.05 bits per heavy atom. The van der Waals surface area contributed by atoms with Crippen LogP contribution in [0.2, 0.25) is 0 Å². The first-order chi connectivity index (χ1) is 10.3. The molecular formula is C17H17NO3. The van der Waals surface area contributed by atoms with Crippen LogP contribution in [0.1, 0.15) is 34.1 Å². The Balaban J connectivity index is 1.76. The summed E-state index contributed by atoms with van der Waals surface area (Å²) in [6.07, 6.45) is 1.65. The van der Waals surface area contributed by atoms with Crippen molar-refractivity contribution in [3.05, 3.63) is 53.3 Å². The molecule has 1 atom stereocenters. The highest BCUT2D eigenvalue weighted by Crippen LogP contribution is 2.33. The van der Waals surface area contributed by atoms with E-state index in [-0.39, 0.29) is 5.92 Å². The number of aryl methyl sites for hydroxylation is 1. The van der Waals surface area contributed by atoms with E-state index in [4.69, 9.17) is 9.47 Å². The van der Waals surface area contributed by atoms with Crippen molar-refractivity contribution in [1.29, 1.82) is 0 Å². The van der Waals surface area contributed by atoms with Crippen LogP contribution in [-0.2, 0) is 0 Å². The second-order valence-electron chi connectivity index (χ2n) is 5.14. The molecule has 2 aromatic rings. The number of rotatable bonds is 4. The van der Waals surface area contributed by atoms with Crippen molar-refractivity contribution in [1.82, 2.24) is 4.98 Å². The molecule has 0 fully saturated rings. The molecule has 108 valence electrons. The summed E-state index contributed by atoms with van der Waals surface area (Å²) in [5, 5.41) is 0. The maximum Gasteiger partial charge on any atom is 0.172 e. The van der Waals surface area contributed by atoms with Gasteiger partial charge in [0.15, 0.2) is 6.29 Å². The van der Waals surface area contributed by atoms with E-state index in [0.29, 0.717) is 24.7 Å². The van der Waals surface area contributed by atoms with E-state index in [1.165, 1.54) is 0 Å². The maximum atomic E-state index is 11.1. The van der Waals surface area contributed by atoms with Gasteiger partial charge in [0.1, 0.15) is 17.2 Å². The summed E-state index contributed by atoms with van der Waals surface area (Å²) < 4.78 is 11.5. The molecule has 21 heavy (non-hydrogen) atoms. The average molecular weight is 283 g/mol. The summed E-state index contributed by atoms with van der Waals surface area (Å²) in [7, 11) is 0. The number of nitrogens with zero attached hydrogens (tertiary/aromatic N) is 1. The van der Waals surface area contributed by atoms with Crippen molar-refractivity contribution >= 4 is 6.29 Å². The number of aromatic nitrogens is 1. The summed E-state index contributed by atoms with van der Waals surface area (Å²) >= 11 is 0. The molecule has 0 spiro atoms. The molecule has 1 aromatic heterocycles. The third-order valence-corrected chi connectivity index (χ3v) is 3.66. The van der Waals surface area contributed by atoms with Crippen LogP contribution in [0.5, 0.6) is 11.5 Å².